The van der Waals surface area contributed by atoms with Gasteiger partial charge in [-0.15, -0.1) is 0 Å². The third-order valence-corrected chi connectivity index (χ3v) is 3.33. The van der Waals surface area contributed by atoms with Gasteiger partial charge in [0.1, 0.15) is 0 Å². The molecular weight excluding hydrogens is 276 g/mol. The number of ether oxygens (including phenoxy) is 2. The van der Waals surface area contributed by atoms with E-state index < -0.39 is 0 Å². The van der Waals surface area contributed by atoms with Crippen molar-refractivity contribution in [1.29, 1.82) is 0 Å². The predicted molar refractivity (Wildman–Crippen MR) is 88.4 cm³/mol. The van der Waals surface area contributed by atoms with E-state index in [9.17, 15) is 0 Å². The maximum atomic E-state index is 5.73. The van der Waals surface area contributed by atoms with Gasteiger partial charge in [0.05, 0.1) is 13.7 Å². The van der Waals surface area contributed by atoms with Gasteiger partial charge in [0, 0.05) is 18.9 Å². The minimum Gasteiger partial charge on any atom is -0.493 e. The van der Waals surface area contributed by atoms with E-state index in [-0.39, 0.29) is 0 Å². The van der Waals surface area contributed by atoms with Crippen LogP contribution in [0.15, 0.2) is 42.7 Å². The summed E-state index contributed by atoms with van der Waals surface area (Å²) in [5.74, 6) is 1.60. The summed E-state index contributed by atoms with van der Waals surface area (Å²) >= 11 is 0. The van der Waals surface area contributed by atoms with E-state index in [1.165, 1.54) is 11.1 Å². The Morgan fingerprint density at radius 1 is 1.14 bits per heavy atom. The number of benzene rings is 1. The number of hydrogen-bond acceptors (Lipinski definition) is 4. The zero-order valence-corrected chi connectivity index (χ0v) is 13.3. The number of nitrogens with one attached hydrogen (secondary N) is 1. The lowest BCUT2D eigenvalue weighted by Gasteiger charge is -2.12. The second kappa shape index (κ2) is 9.05. The Morgan fingerprint density at radius 2 is 2.05 bits per heavy atom. The summed E-state index contributed by atoms with van der Waals surface area (Å²) in [6.07, 6.45) is 5.66. The van der Waals surface area contributed by atoms with Crippen LogP contribution >= 0.6 is 0 Å². The first-order valence-electron chi connectivity index (χ1n) is 7.72. The van der Waals surface area contributed by atoms with Gasteiger partial charge in [-0.1, -0.05) is 19.1 Å². The van der Waals surface area contributed by atoms with Crippen LogP contribution in [0.4, 0.5) is 0 Å². The van der Waals surface area contributed by atoms with E-state index >= 15 is 0 Å². The first-order chi connectivity index (χ1) is 10.8. The molecule has 0 aliphatic heterocycles. The van der Waals surface area contributed by atoms with Gasteiger partial charge in [0.25, 0.3) is 0 Å². The van der Waals surface area contributed by atoms with E-state index in [1.54, 1.807) is 13.3 Å². The third-order valence-electron chi connectivity index (χ3n) is 3.33. The van der Waals surface area contributed by atoms with Crippen LogP contribution in [0.1, 0.15) is 24.5 Å². The van der Waals surface area contributed by atoms with Gasteiger partial charge in [-0.25, -0.2) is 0 Å². The molecule has 1 aromatic heterocycles. The Labute approximate surface area is 132 Å². The summed E-state index contributed by atoms with van der Waals surface area (Å²) in [6, 6.07) is 10.1. The van der Waals surface area contributed by atoms with Crippen LogP contribution in [0.25, 0.3) is 0 Å². The van der Waals surface area contributed by atoms with Crippen LogP contribution in [-0.2, 0) is 13.0 Å². The SMILES string of the molecule is CCCOc1cc(CNCCc2cccnc2)ccc1OC. The van der Waals surface area contributed by atoms with Crippen molar-refractivity contribution in [3.05, 3.63) is 53.9 Å². The second-order valence-corrected chi connectivity index (χ2v) is 5.12. The maximum Gasteiger partial charge on any atom is 0.161 e. The van der Waals surface area contributed by atoms with Crippen LogP contribution in [-0.4, -0.2) is 25.2 Å². The monoisotopic (exact) mass is 300 g/mol. The second-order valence-electron chi connectivity index (χ2n) is 5.12. The molecule has 118 valence electrons. The molecule has 0 bridgehead atoms. The van der Waals surface area contributed by atoms with Crippen LogP contribution in [0.3, 0.4) is 0 Å². The number of hydrogen-bond donors (Lipinski definition) is 1. The molecule has 2 rings (SSSR count). The smallest absolute Gasteiger partial charge is 0.161 e. The molecule has 0 saturated heterocycles. The Hall–Kier alpha value is -2.07. The highest BCUT2D eigenvalue weighted by molar-refractivity contribution is 5.42. The van der Waals surface area contributed by atoms with Gasteiger partial charge < -0.3 is 14.8 Å². The van der Waals surface area contributed by atoms with Gasteiger partial charge in [-0.2, -0.15) is 0 Å². The van der Waals surface area contributed by atoms with Crippen molar-refractivity contribution in [2.75, 3.05) is 20.3 Å². The molecule has 4 heteroatoms. The highest BCUT2D eigenvalue weighted by Gasteiger charge is 2.05. The van der Waals surface area contributed by atoms with Crippen molar-refractivity contribution in [3.8, 4) is 11.5 Å². The highest BCUT2D eigenvalue weighted by Crippen LogP contribution is 2.28. The molecule has 0 aliphatic carbocycles. The lowest BCUT2D eigenvalue weighted by atomic mass is 10.2. The van der Waals surface area contributed by atoms with Crippen LogP contribution in [0, 0.1) is 0 Å². The largest absolute Gasteiger partial charge is 0.493 e. The van der Waals surface area contributed by atoms with Crippen LogP contribution in [0.2, 0.25) is 0 Å². The van der Waals surface area contributed by atoms with Gasteiger partial charge in [-0.05, 0) is 48.7 Å². The quantitative estimate of drug-likeness (QED) is 0.722. The van der Waals surface area contributed by atoms with Crippen molar-refractivity contribution in [2.45, 2.75) is 26.3 Å². The molecule has 0 spiro atoms. The van der Waals surface area contributed by atoms with E-state index in [4.69, 9.17) is 9.47 Å². The maximum absolute atomic E-state index is 5.73. The zero-order valence-electron chi connectivity index (χ0n) is 13.3. The molecule has 0 amide bonds. The summed E-state index contributed by atoms with van der Waals surface area (Å²) in [5, 5.41) is 3.45. The normalized spacial score (nSPS) is 10.5. The molecule has 0 saturated carbocycles. The molecule has 0 fully saturated rings. The van der Waals surface area contributed by atoms with Crippen molar-refractivity contribution in [3.63, 3.8) is 0 Å². The summed E-state index contributed by atoms with van der Waals surface area (Å²) in [7, 11) is 1.67. The van der Waals surface area contributed by atoms with Crippen molar-refractivity contribution in [1.82, 2.24) is 10.3 Å². The molecule has 1 aromatic carbocycles. The number of nitrogens with zero attached hydrogens (tertiary/aromatic N) is 1. The molecule has 1 N–H and O–H groups in total. The molecule has 22 heavy (non-hydrogen) atoms. The zero-order chi connectivity index (χ0) is 15.6. The van der Waals surface area contributed by atoms with E-state index in [2.05, 4.69) is 29.4 Å². The van der Waals surface area contributed by atoms with E-state index in [0.717, 1.165) is 37.4 Å². The average molecular weight is 300 g/mol. The molecule has 0 atom stereocenters. The van der Waals surface area contributed by atoms with Gasteiger partial charge >= 0.3 is 0 Å². The average Bonchev–Trinajstić information content (AvgIpc) is 2.58. The number of rotatable bonds is 9. The topological polar surface area (TPSA) is 43.4 Å². The standard InChI is InChI=1S/C18H24N2O2/c1-3-11-22-18-12-16(6-7-17(18)21-2)14-20-10-8-15-5-4-9-19-13-15/h4-7,9,12-13,20H,3,8,10-11,14H2,1-2H3. The lowest BCUT2D eigenvalue weighted by molar-refractivity contribution is 0.294. The Balaban J connectivity index is 1.84. The lowest BCUT2D eigenvalue weighted by Crippen LogP contribution is -2.16. The van der Waals surface area contributed by atoms with Gasteiger partial charge in [-0.3, -0.25) is 4.98 Å². The predicted octanol–water partition coefficient (Wildman–Crippen LogP) is 3.21. The molecule has 4 nitrogen and oxygen atoms in total. The molecule has 2 aromatic rings. The highest BCUT2D eigenvalue weighted by atomic mass is 16.5. The number of methoxy groups -OCH3 is 1. The summed E-state index contributed by atoms with van der Waals surface area (Å²) < 4.78 is 11.1. The summed E-state index contributed by atoms with van der Waals surface area (Å²) in [6.45, 7) is 4.53. The Morgan fingerprint density at radius 3 is 2.77 bits per heavy atom. The summed E-state index contributed by atoms with van der Waals surface area (Å²) in [5.41, 5.74) is 2.44. The first kappa shape index (κ1) is 16.3. The van der Waals surface area contributed by atoms with E-state index in [0.29, 0.717) is 6.61 Å². The molecule has 0 unspecified atom stereocenters. The minimum atomic E-state index is 0.703. The minimum absolute atomic E-state index is 0.703. The van der Waals surface area contributed by atoms with Gasteiger partial charge in [0.2, 0.25) is 0 Å². The Bertz CT molecular complexity index is 558. The molecular formula is C18H24N2O2. The fraction of sp³-hybridized carbons (Fsp3) is 0.389. The third kappa shape index (κ3) is 5.04. The Kier molecular flexibility index (Phi) is 6.71. The van der Waals surface area contributed by atoms with Gasteiger partial charge in [0.15, 0.2) is 11.5 Å². The first-order valence-corrected chi connectivity index (χ1v) is 7.72. The molecule has 0 aliphatic rings. The van der Waals surface area contributed by atoms with Crippen LogP contribution in [0.5, 0.6) is 11.5 Å². The number of pyridine rings is 1. The summed E-state index contributed by atoms with van der Waals surface area (Å²) in [4.78, 5) is 4.12. The molecule has 1 heterocycles. The van der Waals surface area contributed by atoms with Crippen molar-refractivity contribution < 1.29 is 9.47 Å². The van der Waals surface area contributed by atoms with Crippen molar-refractivity contribution in [2.24, 2.45) is 0 Å². The fourth-order valence-electron chi connectivity index (χ4n) is 2.17. The molecule has 0 radical (unpaired) electrons. The number of aromatic nitrogens is 1. The van der Waals surface area contributed by atoms with Crippen LogP contribution < -0.4 is 14.8 Å². The van der Waals surface area contributed by atoms with E-state index in [1.807, 2.05) is 24.4 Å². The fourth-order valence-corrected chi connectivity index (χ4v) is 2.17. The van der Waals surface area contributed by atoms with Crippen molar-refractivity contribution >= 4 is 0 Å².